The zero-order valence-corrected chi connectivity index (χ0v) is 14.5. The van der Waals surface area contributed by atoms with Gasteiger partial charge in [-0.05, 0) is 26.0 Å². The molecule has 0 bridgehead atoms. The molecule has 1 amide bonds. The summed E-state index contributed by atoms with van der Waals surface area (Å²) in [5.41, 5.74) is 0.0985. The minimum absolute atomic E-state index is 0.136. The predicted molar refractivity (Wildman–Crippen MR) is 86.6 cm³/mol. The molecular formula is C16H18N2O5S. The van der Waals surface area contributed by atoms with Gasteiger partial charge in [-0.1, -0.05) is 12.1 Å². The van der Waals surface area contributed by atoms with Crippen molar-refractivity contribution >= 4 is 15.9 Å². The van der Waals surface area contributed by atoms with Gasteiger partial charge in [0, 0.05) is 0 Å². The van der Waals surface area contributed by atoms with Crippen molar-refractivity contribution in [3.8, 4) is 17.2 Å². The molecule has 0 N–H and O–H groups in total. The number of carbonyl (C=O) groups is 1. The topological polar surface area (TPSA) is 89.7 Å². The molecule has 3 rings (SSSR count). The molecule has 1 aliphatic rings. The average molecular weight is 350 g/mol. The Morgan fingerprint density at radius 2 is 2.04 bits per heavy atom. The van der Waals surface area contributed by atoms with E-state index in [0.717, 1.165) is 4.31 Å². The molecule has 2 heterocycles. The van der Waals surface area contributed by atoms with Crippen molar-refractivity contribution in [2.45, 2.75) is 20.4 Å². The first-order valence-corrected chi connectivity index (χ1v) is 8.98. The Bertz CT molecular complexity index is 885. The number of aromatic nitrogens is 1. The lowest BCUT2D eigenvalue weighted by Gasteiger charge is -2.15. The van der Waals surface area contributed by atoms with Gasteiger partial charge < -0.3 is 9.15 Å². The summed E-state index contributed by atoms with van der Waals surface area (Å²) in [6.07, 6.45) is 1.36. The highest BCUT2D eigenvalue weighted by Gasteiger charge is 2.49. The Balaban J connectivity index is 1.89. The fourth-order valence-electron chi connectivity index (χ4n) is 2.70. The molecule has 0 atom stereocenters. The lowest BCUT2D eigenvalue weighted by Crippen LogP contribution is -2.32. The normalized spacial score (nSPS) is 18.8. The van der Waals surface area contributed by atoms with E-state index in [1.54, 1.807) is 33.1 Å². The Hall–Kier alpha value is -2.35. The van der Waals surface area contributed by atoms with E-state index in [-0.39, 0.29) is 12.3 Å². The number of hydrogen-bond donors (Lipinski definition) is 0. The van der Waals surface area contributed by atoms with Crippen LogP contribution in [0.5, 0.6) is 5.75 Å². The molecule has 0 spiro atoms. The highest BCUT2D eigenvalue weighted by atomic mass is 32.2. The summed E-state index contributed by atoms with van der Waals surface area (Å²) in [5, 5.41) is 0. The second-order valence-corrected chi connectivity index (χ2v) is 8.19. The summed E-state index contributed by atoms with van der Waals surface area (Å²) in [6, 6.07) is 7.20. The lowest BCUT2D eigenvalue weighted by atomic mass is 9.95. The molecule has 24 heavy (non-hydrogen) atoms. The summed E-state index contributed by atoms with van der Waals surface area (Å²) >= 11 is 0. The summed E-state index contributed by atoms with van der Waals surface area (Å²) in [5.74, 6) is 0.280. The van der Waals surface area contributed by atoms with Gasteiger partial charge in [0.15, 0.2) is 0 Å². The number of benzene rings is 1. The van der Waals surface area contributed by atoms with Gasteiger partial charge in [-0.3, -0.25) is 4.79 Å². The third-order valence-electron chi connectivity index (χ3n) is 3.88. The summed E-state index contributed by atoms with van der Waals surface area (Å²) in [4.78, 5) is 16.6. The zero-order chi connectivity index (χ0) is 17.5. The molecule has 1 saturated heterocycles. The maximum Gasteiger partial charge on any atom is 0.243 e. The van der Waals surface area contributed by atoms with Crippen molar-refractivity contribution in [2.24, 2.45) is 5.41 Å². The van der Waals surface area contributed by atoms with E-state index in [2.05, 4.69) is 4.98 Å². The third-order valence-corrected chi connectivity index (χ3v) is 5.93. The van der Waals surface area contributed by atoms with Crippen molar-refractivity contribution in [3.05, 3.63) is 36.2 Å². The number of rotatable bonds is 4. The Morgan fingerprint density at radius 3 is 2.67 bits per heavy atom. The van der Waals surface area contributed by atoms with Gasteiger partial charge in [0.2, 0.25) is 21.8 Å². The smallest absolute Gasteiger partial charge is 0.243 e. The van der Waals surface area contributed by atoms with Crippen molar-refractivity contribution in [1.29, 1.82) is 0 Å². The molecule has 0 aliphatic carbocycles. The van der Waals surface area contributed by atoms with E-state index in [1.807, 2.05) is 12.1 Å². The van der Waals surface area contributed by atoms with Gasteiger partial charge in [-0.15, -0.1) is 0 Å². The Labute approximate surface area is 140 Å². The molecule has 0 saturated carbocycles. The van der Waals surface area contributed by atoms with Crippen LogP contribution in [0.1, 0.15) is 19.5 Å². The number of ether oxygens (including phenoxy) is 1. The lowest BCUT2D eigenvalue weighted by molar-refractivity contribution is -0.132. The standard InChI is InChI=1S/C16H18N2O5S/c1-16(2)10-24(20,21)18(15(16)19)8-11-9-23-14(17-11)12-6-4-5-7-13(12)22-3/h4-7,9H,8,10H2,1-3H3. The summed E-state index contributed by atoms with van der Waals surface area (Å²) < 4.78 is 36.0. The molecule has 1 fully saturated rings. The molecule has 1 aromatic heterocycles. The van der Waals surface area contributed by atoms with Crippen LogP contribution in [0.2, 0.25) is 0 Å². The number of nitrogens with zero attached hydrogens (tertiary/aromatic N) is 2. The van der Waals surface area contributed by atoms with Crippen LogP contribution in [0, 0.1) is 5.41 Å². The average Bonchev–Trinajstić information content (AvgIpc) is 3.04. The van der Waals surface area contributed by atoms with Crippen LogP contribution >= 0.6 is 0 Å². The largest absolute Gasteiger partial charge is 0.496 e. The molecule has 7 nitrogen and oxygen atoms in total. The van der Waals surface area contributed by atoms with Crippen molar-refractivity contribution in [3.63, 3.8) is 0 Å². The first kappa shape index (κ1) is 16.5. The van der Waals surface area contributed by atoms with Crippen LogP contribution in [0.25, 0.3) is 11.5 Å². The molecule has 0 unspecified atom stereocenters. The summed E-state index contributed by atoms with van der Waals surface area (Å²) in [7, 11) is -2.09. The fourth-order valence-corrected chi connectivity index (χ4v) is 4.72. The number of methoxy groups -OCH3 is 1. The van der Waals surface area contributed by atoms with Crippen LogP contribution in [0.15, 0.2) is 34.9 Å². The fraction of sp³-hybridized carbons (Fsp3) is 0.375. The third kappa shape index (κ3) is 2.77. The van der Waals surface area contributed by atoms with Crippen molar-refractivity contribution in [1.82, 2.24) is 9.29 Å². The van der Waals surface area contributed by atoms with Gasteiger partial charge in [0.1, 0.15) is 17.7 Å². The van der Waals surface area contributed by atoms with E-state index in [0.29, 0.717) is 22.9 Å². The first-order chi connectivity index (χ1) is 11.2. The number of carbonyl (C=O) groups excluding carboxylic acids is 1. The number of para-hydroxylation sites is 1. The number of amides is 1. The zero-order valence-electron chi connectivity index (χ0n) is 13.6. The van der Waals surface area contributed by atoms with Gasteiger partial charge >= 0.3 is 0 Å². The Morgan fingerprint density at radius 1 is 1.33 bits per heavy atom. The van der Waals surface area contributed by atoms with Gasteiger partial charge in [-0.2, -0.15) is 0 Å². The summed E-state index contributed by atoms with van der Waals surface area (Å²) in [6.45, 7) is 3.11. The molecule has 1 aliphatic heterocycles. The van der Waals surface area contributed by atoms with Crippen LogP contribution in [-0.4, -0.2) is 36.5 Å². The second kappa shape index (κ2) is 5.62. The molecule has 1 aromatic carbocycles. The second-order valence-electron chi connectivity index (χ2n) is 6.30. The van der Waals surface area contributed by atoms with Crippen molar-refractivity contribution < 1.29 is 22.4 Å². The molecule has 0 radical (unpaired) electrons. The van der Waals surface area contributed by atoms with E-state index >= 15 is 0 Å². The molecular weight excluding hydrogens is 332 g/mol. The van der Waals surface area contributed by atoms with Crippen LogP contribution < -0.4 is 4.74 Å². The van der Waals surface area contributed by atoms with Crippen LogP contribution in [0.3, 0.4) is 0 Å². The number of sulfonamides is 1. The monoisotopic (exact) mass is 350 g/mol. The molecule has 2 aromatic rings. The van der Waals surface area contributed by atoms with Crippen LogP contribution in [-0.2, 0) is 21.4 Å². The molecule has 128 valence electrons. The quantitative estimate of drug-likeness (QED) is 0.838. The van der Waals surface area contributed by atoms with Gasteiger partial charge in [-0.25, -0.2) is 17.7 Å². The first-order valence-electron chi connectivity index (χ1n) is 7.37. The number of oxazole rings is 1. The maximum absolute atomic E-state index is 12.3. The van der Waals surface area contributed by atoms with Crippen molar-refractivity contribution in [2.75, 3.05) is 12.9 Å². The molecule has 8 heteroatoms. The minimum atomic E-state index is -3.63. The van der Waals surface area contributed by atoms with E-state index in [9.17, 15) is 13.2 Å². The maximum atomic E-state index is 12.3. The highest BCUT2D eigenvalue weighted by Crippen LogP contribution is 2.34. The predicted octanol–water partition coefficient (Wildman–Crippen LogP) is 2.05. The van der Waals surface area contributed by atoms with Gasteiger partial charge in [0.25, 0.3) is 0 Å². The van der Waals surface area contributed by atoms with Crippen LogP contribution in [0.4, 0.5) is 0 Å². The highest BCUT2D eigenvalue weighted by molar-refractivity contribution is 7.90. The van der Waals surface area contributed by atoms with E-state index in [1.165, 1.54) is 6.26 Å². The van der Waals surface area contributed by atoms with E-state index in [4.69, 9.17) is 9.15 Å². The SMILES string of the molecule is COc1ccccc1-c1nc(CN2C(=O)C(C)(C)CS2(=O)=O)co1. The van der Waals surface area contributed by atoms with Gasteiger partial charge in [0.05, 0.1) is 30.4 Å². The Kier molecular flexibility index (Phi) is 3.87. The van der Waals surface area contributed by atoms with E-state index < -0.39 is 21.3 Å². The minimum Gasteiger partial charge on any atom is -0.496 e. The number of hydrogen-bond acceptors (Lipinski definition) is 6.